The zero-order valence-electron chi connectivity index (χ0n) is 18.9. The zero-order chi connectivity index (χ0) is 24.2. The SMILES string of the molecule is [2H]C([2H])([2H])Oc1ccncc1C(O)[C@H]1CCCCN1C(=O)COc1ccc(C(F)(F)F)cc1. The van der Waals surface area contributed by atoms with Crippen LogP contribution in [0.1, 0.15) is 40.6 Å². The maximum atomic E-state index is 12.8. The molecule has 1 unspecified atom stereocenters. The summed E-state index contributed by atoms with van der Waals surface area (Å²) in [5, 5.41) is 11.0. The van der Waals surface area contributed by atoms with E-state index in [4.69, 9.17) is 13.6 Å². The topological polar surface area (TPSA) is 71.9 Å². The number of pyridine rings is 1. The zero-order valence-corrected chi connectivity index (χ0v) is 15.9. The lowest BCUT2D eigenvalue weighted by atomic mass is 9.93. The first-order valence-electron chi connectivity index (χ1n) is 10.9. The molecule has 0 radical (unpaired) electrons. The van der Waals surface area contributed by atoms with Crippen LogP contribution in [0, 0.1) is 0 Å². The highest BCUT2D eigenvalue weighted by molar-refractivity contribution is 5.78. The van der Waals surface area contributed by atoms with Gasteiger partial charge in [-0.05, 0) is 49.6 Å². The number of carbonyl (C=O) groups is 1. The first-order valence-corrected chi connectivity index (χ1v) is 9.36. The van der Waals surface area contributed by atoms with E-state index in [-0.39, 0.29) is 17.1 Å². The summed E-state index contributed by atoms with van der Waals surface area (Å²) in [5.74, 6) is -0.414. The van der Waals surface area contributed by atoms with Crippen LogP contribution in [-0.4, -0.2) is 47.1 Å². The summed E-state index contributed by atoms with van der Waals surface area (Å²) in [6.45, 7) is -0.0904. The molecule has 1 aromatic carbocycles. The van der Waals surface area contributed by atoms with Crippen molar-refractivity contribution in [1.29, 1.82) is 0 Å². The summed E-state index contributed by atoms with van der Waals surface area (Å²) in [6.07, 6.45) is -1.22. The van der Waals surface area contributed by atoms with Gasteiger partial charge in [-0.15, -0.1) is 0 Å². The second-order valence-corrected chi connectivity index (χ2v) is 6.92. The molecule has 9 heteroatoms. The number of carbonyl (C=O) groups excluding carboxylic acids is 1. The van der Waals surface area contributed by atoms with E-state index in [2.05, 4.69) is 4.98 Å². The molecule has 2 aromatic rings. The molecule has 1 fully saturated rings. The molecule has 1 aliphatic rings. The molecule has 6 nitrogen and oxygen atoms in total. The first-order chi connectivity index (χ1) is 15.5. The van der Waals surface area contributed by atoms with E-state index in [1.807, 2.05) is 0 Å². The van der Waals surface area contributed by atoms with Crippen LogP contribution < -0.4 is 9.47 Å². The number of hydrogen-bond acceptors (Lipinski definition) is 5. The third-order valence-corrected chi connectivity index (χ3v) is 5.02. The number of piperidine rings is 1. The number of benzene rings is 1. The number of ether oxygens (including phenoxy) is 2. The minimum atomic E-state index is -4.47. The Hall–Kier alpha value is -2.81. The van der Waals surface area contributed by atoms with Crippen molar-refractivity contribution in [2.75, 3.05) is 20.2 Å². The normalized spacial score (nSPS) is 19.9. The van der Waals surface area contributed by atoms with Crippen molar-refractivity contribution >= 4 is 5.91 Å². The highest BCUT2D eigenvalue weighted by Crippen LogP contribution is 2.33. The van der Waals surface area contributed by atoms with Gasteiger partial charge in [0.2, 0.25) is 0 Å². The number of aromatic nitrogens is 1. The van der Waals surface area contributed by atoms with Crippen molar-refractivity contribution in [2.45, 2.75) is 37.6 Å². The lowest BCUT2D eigenvalue weighted by molar-refractivity contribution is -0.140. The fourth-order valence-electron chi connectivity index (χ4n) is 3.48. The Kier molecular flexibility index (Phi) is 5.60. The lowest BCUT2D eigenvalue weighted by Gasteiger charge is -2.38. The fourth-order valence-corrected chi connectivity index (χ4v) is 3.48. The Bertz CT molecular complexity index is 955. The third kappa shape index (κ3) is 5.02. The lowest BCUT2D eigenvalue weighted by Crippen LogP contribution is -2.48. The fraction of sp³-hybridized carbons (Fsp3) is 0.429. The summed E-state index contributed by atoms with van der Waals surface area (Å²) >= 11 is 0. The van der Waals surface area contributed by atoms with E-state index in [9.17, 15) is 23.1 Å². The van der Waals surface area contributed by atoms with Crippen LogP contribution in [0.15, 0.2) is 42.7 Å². The van der Waals surface area contributed by atoms with Gasteiger partial charge in [-0.25, -0.2) is 0 Å². The predicted octanol–water partition coefficient (Wildman–Crippen LogP) is 3.60. The summed E-state index contributed by atoms with van der Waals surface area (Å²) in [4.78, 5) is 18.2. The molecular weight excluding hydrogens is 401 g/mol. The number of methoxy groups -OCH3 is 1. The number of likely N-dealkylation sites (tertiary alicyclic amines) is 1. The maximum Gasteiger partial charge on any atom is 0.416 e. The van der Waals surface area contributed by atoms with Gasteiger partial charge in [0, 0.05) is 24.5 Å². The molecule has 0 saturated carbocycles. The van der Waals surface area contributed by atoms with Crippen molar-refractivity contribution < 1.29 is 36.7 Å². The molecular formula is C21H23F3N2O4. The van der Waals surface area contributed by atoms with Crippen LogP contribution in [-0.2, 0) is 11.0 Å². The molecule has 1 aliphatic heterocycles. The van der Waals surface area contributed by atoms with Gasteiger partial charge >= 0.3 is 6.18 Å². The first kappa shape index (κ1) is 18.0. The van der Waals surface area contributed by atoms with Crippen LogP contribution >= 0.6 is 0 Å². The van der Waals surface area contributed by atoms with Crippen LogP contribution in [0.4, 0.5) is 13.2 Å². The molecule has 1 saturated heterocycles. The number of nitrogens with zero attached hydrogens (tertiary/aromatic N) is 2. The number of aliphatic hydroxyl groups is 1. The Morgan fingerprint density at radius 1 is 1.33 bits per heavy atom. The Labute approximate surface area is 176 Å². The van der Waals surface area contributed by atoms with Gasteiger partial charge in [-0.1, -0.05) is 0 Å². The molecule has 1 amide bonds. The number of rotatable bonds is 6. The summed E-state index contributed by atoms with van der Waals surface area (Å²) in [6, 6.07) is 4.64. The minimum absolute atomic E-state index is 0.0588. The highest BCUT2D eigenvalue weighted by Gasteiger charge is 2.34. The summed E-state index contributed by atoms with van der Waals surface area (Å²) in [5.41, 5.74) is -0.686. The molecule has 0 aliphatic carbocycles. The smallest absolute Gasteiger partial charge is 0.416 e. The number of aliphatic hydroxyl groups excluding tert-OH is 1. The van der Waals surface area contributed by atoms with E-state index >= 15 is 0 Å². The summed E-state index contributed by atoms with van der Waals surface area (Å²) < 4.78 is 70.3. The molecule has 1 N–H and O–H groups in total. The second-order valence-electron chi connectivity index (χ2n) is 6.92. The minimum Gasteiger partial charge on any atom is -0.496 e. The molecule has 2 heterocycles. The molecule has 0 bridgehead atoms. The molecule has 1 aromatic heterocycles. The van der Waals surface area contributed by atoms with E-state index in [1.54, 1.807) is 0 Å². The van der Waals surface area contributed by atoms with Crippen molar-refractivity contribution in [2.24, 2.45) is 0 Å². The predicted molar refractivity (Wildman–Crippen MR) is 102 cm³/mol. The van der Waals surface area contributed by atoms with Gasteiger partial charge < -0.3 is 19.5 Å². The van der Waals surface area contributed by atoms with Crippen LogP contribution in [0.3, 0.4) is 0 Å². The largest absolute Gasteiger partial charge is 0.496 e. The van der Waals surface area contributed by atoms with Crippen LogP contribution in [0.5, 0.6) is 11.5 Å². The monoisotopic (exact) mass is 427 g/mol. The van der Waals surface area contributed by atoms with Crippen LogP contribution in [0.2, 0.25) is 0 Å². The average molecular weight is 427 g/mol. The quantitative estimate of drug-likeness (QED) is 0.763. The van der Waals surface area contributed by atoms with Crippen molar-refractivity contribution in [3.8, 4) is 11.5 Å². The average Bonchev–Trinajstić information content (AvgIpc) is 2.76. The third-order valence-electron chi connectivity index (χ3n) is 5.02. The highest BCUT2D eigenvalue weighted by atomic mass is 19.4. The van der Waals surface area contributed by atoms with Crippen molar-refractivity contribution in [1.82, 2.24) is 9.88 Å². The Morgan fingerprint density at radius 2 is 2.10 bits per heavy atom. The molecule has 30 heavy (non-hydrogen) atoms. The number of amides is 1. The maximum absolute atomic E-state index is 12.8. The van der Waals surface area contributed by atoms with Gasteiger partial charge in [-0.3, -0.25) is 9.78 Å². The van der Waals surface area contributed by atoms with E-state index in [1.165, 1.54) is 23.4 Å². The molecule has 3 rings (SSSR count). The standard InChI is InChI=1S/C21H23F3N2O4/c1-29-18-9-10-25-12-16(18)20(28)17-4-2-3-11-26(17)19(27)13-30-15-7-5-14(6-8-15)21(22,23)24/h5-10,12,17,20,28H,2-4,11,13H2,1H3/t17-,20?/m1/s1/i1D3. The number of halogens is 3. The Morgan fingerprint density at radius 3 is 2.80 bits per heavy atom. The number of alkyl halides is 3. The molecule has 2 atom stereocenters. The van der Waals surface area contributed by atoms with Crippen LogP contribution in [0.25, 0.3) is 0 Å². The van der Waals surface area contributed by atoms with Gasteiger partial charge in [0.05, 0.1) is 22.8 Å². The van der Waals surface area contributed by atoms with E-state index in [0.717, 1.165) is 30.7 Å². The van der Waals surface area contributed by atoms with E-state index in [0.29, 0.717) is 19.4 Å². The van der Waals surface area contributed by atoms with Gasteiger partial charge in [0.15, 0.2) is 6.61 Å². The summed E-state index contributed by atoms with van der Waals surface area (Å²) in [7, 11) is -2.73. The van der Waals surface area contributed by atoms with Crippen molar-refractivity contribution in [3.63, 3.8) is 0 Å². The van der Waals surface area contributed by atoms with E-state index < -0.39 is 43.4 Å². The van der Waals surface area contributed by atoms with Gasteiger partial charge in [0.25, 0.3) is 5.91 Å². The second kappa shape index (κ2) is 9.34. The number of hydrogen-bond donors (Lipinski definition) is 1. The van der Waals surface area contributed by atoms with Gasteiger partial charge in [-0.2, -0.15) is 13.2 Å². The Balaban J connectivity index is 1.70. The van der Waals surface area contributed by atoms with Gasteiger partial charge in [0.1, 0.15) is 17.6 Å². The van der Waals surface area contributed by atoms with Crippen molar-refractivity contribution in [3.05, 3.63) is 53.9 Å². The molecule has 162 valence electrons. The molecule has 0 spiro atoms.